The normalized spacial score (nSPS) is 28.6. The summed E-state index contributed by atoms with van der Waals surface area (Å²) in [6.07, 6.45) is 7.26. The molecule has 1 N–H and O–H groups in total. The minimum absolute atomic E-state index is 0. The maximum atomic E-state index is 13.8. The van der Waals surface area contributed by atoms with E-state index in [9.17, 15) is 19.5 Å². The molecule has 2 saturated carbocycles. The molecule has 0 radical (unpaired) electrons. The van der Waals surface area contributed by atoms with Crippen LogP contribution in [0.15, 0.2) is 34.8 Å². The number of aromatic nitrogens is 1. The Morgan fingerprint density at radius 3 is 2.67 bits per heavy atom. The van der Waals surface area contributed by atoms with Gasteiger partial charge in [0.25, 0.3) is 0 Å². The summed E-state index contributed by atoms with van der Waals surface area (Å²) in [7, 11) is 3.36. The van der Waals surface area contributed by atoms with E-state index < -0.39 is 29.3 Å². The SMILES string of the molecule is C.CCOc1cc(O[C@@H]2C[C@H]3C(=O)C[C@]4(C(=O)O)C[C@H]4/C=C\CCCCN(C)C(=O)[C@@H]3C2)c2ccc(OC)c(Br)c2n1. The van der Waals surface area contributed by atoms with E-state index in [0.717, 1.165) is 24.6 Å². The van der Waals surface area contributed by atoms with Crippen molar-refractivity contribution in [1.29, 1.82) is 0 Å². The standard InChI is InChI=1S/C31H37BrN2O7.CH4/c1-4-40-26-15-25(20-10-11-24(39-3)27(32)28(20)33-26)41-19-13-21-22(14-19)29(36)34(2)12-8-6-5-7-9-18-16-31(18,30(37)38)17-23(21)35;/h7,9-11,15,18-19,21-22H,4-6,8,12-14,16-17H2,1-3H3,(H,37,38);1H4/b9-7-;/t18-,19-,21-,22-,31-;/m1./s1. The van der Waals surface area contributed by atoms with Gasteiger partial charge in [0.1, 0.15) is 23.4 Å². The Morgan fingerprint density at radius 2 is 1.95 bits per heavy atom. The number of fused-ring (bicyclic) bond motifs is 3. The number of ether oxygens (including phenoxy) is 3. The molecule has 1 aromatic carbocycles. The summed E-state index contributed by atoms with van der Waals surface area (Å²) in [6.45, 7) is 2.91. The third-order valence-electron chi connectivity index (χ3n) is 8.79. The third-order valence-corrected chi connectivity index (χ3v) is 9.55. The van der Waals surface area contributed by atoms with Crippen molar-refractivity contribution in [1.82, 2.24) is 9.88 Å². The number of rotatable bonds is 6. The highest BCUT2D eigenvalue weighted by atomic mass is 79.9. The fraction of sp³-hybridized carbons (Fsp3) is 0.562. The summed E-state index contributed by atoms with van der Waals surface area (Å²) in [4.78, 5) is 46.0. The predicted molar refractivity (Wildman–Crippen MR) is 163 cm³/mol. The zero-order valence-corrected chi connectivity index (χ0v) is 25.3. The molecule has 5 rings (SSSR count). The van der Waals surface area contributed by atoms with E-state index in [4.69, 9.17) is 14.2 Å². The largest absolute Gasteiger partial charge is 0.495 e. The van der Waals surface area contributed by atoms with Crippen LogP contribution < -0.4 is 14.2 Å². The monoisotopic (exact) mass is 644 g/mol. The van der Waals surface area contributed by atoms with Crippen LogP contribution in [0.1, 0.15) is 59.3 Å². The average molecular weight is 646 g/mol. The van der Waals surface area contributed by atoms with Gasteiger partial charge in [0, 0.05) is 37.4 Å². The van der Waals surface area contributed by atoms with Crippen LogP contribution in [0.4, 0.5) is 0 Å². The number of halogens is 1. The fourth-order valence-electron chi connectivity index (χ4n) is 6.38. The summed E-state index contributed by atoms with van der Waals surface area (Å²) >= 11 is 3.58. The number of carbonyl (C=O) groups excluding carboxylic acids is 2. The fourth-order valence-corrected chi connectivity index (χ4v) is 6.97. The summed E-state index contributed by atoms with van der Waals surface area (Å²) in [6, 6.07) is 5.42. The van der Waals surface area contributed by atoms with Gasteiger partial charge in [-0.3, -0.25) is 14.4 Å². The number of hydrogen-bond donors (Lipinski definition) is 1. The first kappa shape index (κ1) is 31.8. The quantitative estimate of drug-likeness (QED) is 0.377. The van der Waals surface area contributed by atoms with E-state index in [1.54, 1.807) is 25.1 Å². The second kappa shape index (κ2) is 13.0. The molecule has 0 bridgehead atoms. The first-order chi connectivity index (χ1) is 19.7. The number of Topliss-reactive ketones (excluding diaryl/α,β-unsaturated/α-hetero) is 1. The molecule has 2 aliphatic carbocycles. The van der Waals surface area contributed by atoms with Gasteiger partial charge >= 0.3 is 5.97 Å². The number of hydrogen-bond acceptors (Lipinski definition) is 7. The lowest BCUT2D eigenvalue weighted by Crippen LogP contribution is -2.38. The zero-order chi connectivity index (χ0) is 29.3. The molecule has 5 atom stereocenters. The van der Waals surface area contributed by atoms with Crippen molar-refractivity contribution < 1.29 is 33.7 Å². The van der Waals surface area contributed by atoms with E-state index in [0.29, 0.717) is 59.8 Å². The highest BCUT2D eigenvalue weighted by Crippen LogP contribution is 2.57. The van der Waals surface area contributed by atoms with Crippen LogP contribution >= 0.6 is 15.9 Å². The van der Waals surface area contributed by atoms with Crippen LogP contribution in [-0.2, 0) is 14.4 Å². The highest BCUT2D eigenvalue weighted by Gasteiger charge is 2.61. The van der Waals surface area contributed by atoms with Crippen molar-refractivity contribution in [2.24, 2.45) is 23.2 Å². The van der Waals surface area contributed by atoms with Gasteiger partial charge in [-0.1, -0.05) is 19.6 Å². The topological polar surface area (TPSA) is 115 Å². The number of carbonyl (C=O) groups is 3. The molecule has 228 valence electrons. The maximum Gasteiger partial charge on any atom is 0.310 e. The second-order valence-corrected chi connectivity index (χ2v) is 12.2. The molecule has 1 amide bonds. The van der Waals surface area contributed by atoms with Crippen molar-refractivity contribution in [2.45, 2.75) is 65.4 Å². The lowest BCUT2D eigenvalue weighted by atomic mass is 9.84. The molecule has 1 aromatic heterocycles. The van der Waals surface area contributed by atoms with Crippen LogP contribution in [0.2, 0.25) is 0 Å². The van der Waals surface area contributed by atoms with Gasteiger partial charge in [-0.15, -0.1) is 0 Å². The minimum atomic E-state index is -1.07. The predicted octanol–water partition coefficient (Wildman–Crippen LogP) is 6.06. The molecule has 2 aromatic rings. The van der Waals surface area contributed by atoms with Gasteiger partial charge in [0.2, 0.25) is 11.8 Å². The Morgan fingerprint density at radius 1 is 1.19 bits per heavy atom. The summed E-state index contributed by atoms with van der Waals surface area (Å²) in [5, 5.41) is 10.8. The van der Waals surface area contributed by atoms with E-state index in [-0.39, 0.29) is 31.5 Å². The van der Waals surface area contributed by atoms with Gasteiger partial charge in [-0.2, -0.15) is 0 Å². The molecule has 10 heteroatoms. The number of allylic oxidation sites excluding steroid dienone is 2. The summed E-state index contributed by atoms with van der Waals surface area (Å²) in [5.74, 6) is -0.950. The van der Waals surface area contributed by atoms with Crippen molar-refractivity contribution >= 4 is 44.5 Å². The molecule has 42 heavy (non-hydrogen) atoms. The zero-order valence-electron chi connectivity index (χ0n) is 23.7. The third kappa shape index (κ3) is 6.14. The number of nitrogens with zero attached hydrogens (tertiary/aromatic N) is 2. The van der Waals surface area contributed by atoms with Gasteiger partial charge in [-0.05, 0) is 79.4 Å². The molecular formula is C32H41BrN2O7. The minimum Gasteiger partial charge on any atom is -0.495 e. The van der Waals surface area contributed by atoms with E-state index >= 15 is 0 Å². The van der Waals surface area contributed by atoms with Gasteiger partial charge in [0.05, 0.1) is 35.0 Å². The van der Waals surface area contributed by atoms with Crippen molar-refractivity contribution in [2.75, 3.05) is 27.3 Å². The van der Waals surface area contributed by atoms with E-state index in [1.807, 2.05) is 31.2 Å². The van der Waals surface area contributed by atoms with Crippen LogP contribution in [-0.4, -0.2) is 66.1 Å². The number of pyridine rings is 1. The van der Waals surface area contributed by atoms with Gasteiger partial charge in [0.15, 0.2) is 0 Å². The van der Waals surface area contributed by atoms with Crippen LogP contribution in [0.25, 0.3) is 10.9 Å². The molecule has 0 saturated heterocycles. The van der Waals surface area contributed by atoms with Crippen LogP contribution in [0, 0.1) is 23.2 Å². The summed E-state index contributed by atoms with van der Waals surface area (Å²) < 4.78 is 18.4. The molecule has 0 spiro atoms. The molecule has 1 aliphatic heterocycles. The Hall–Kier alpha value is -3.14. The smallest absolute Gasteiger partial charge is 0.310 e. The molecule has 0 unspecified atom stereocenters. The van der Waals surface area contributed by atoms with Gasteiger partial charge < -0.3 is 24.2 Å². The average Bonchev–Trinajstić information content (AvgIpc) is 3.48. The second-order valence-electron chi connectivity index (χ2n) is 11.4. The first-order valence-electron chi connectivity index (χ1n) is 14.3. The number of ketones is 1. The lowest BCUT2D eigenvalue weighted by Gasteiger charge is -2.25. The number of carboxylic acid groups (broad SMARTS) is 1. The summed E-state index contributed by atoms with van der Waals surface area (Å²) in [5.41, 5.74) is -0.458. The lowest BCUT2D eigenvalue weighted by molar-refractivity contribution is -0.147. The van der Waals surface area contributed by atoms with Crippen molar-refractivity contribution in [3.05, 3.63) is 34.8 Å². The maximum absolute atomic E-state index is 13.8. The molecule has 9 nitrogen and oxygen atoms in total. The number of amides is 1. The Kier molecular flexibility index (Phi) is 9.85. The Bertz CT molecular complexity index is 1380. The number of benzene rings is 1. The molecular weight excluding hydrogens is 604 g/mol. The van der Waals surface area contributed by atoms with E-state index in [2.05, 4.69) is 20.9 Å². The van der Waals surface area contributed by atoms with Gasteiger partial charge in [-0.25, -0.2) is 4.98 Å². The van der Waals surface area contributed by atoms with Crippen molar-refractivity contribution in [3.8, 4) is 17.4 Å². The Balaban J connectivity index is 0.00000405. The molecule has 3 aliphatic rings. The number of aliphatic carboxylic acids is 1. The Labute approximate surface area is 255 Å². The van der Waals surface area contributed by atoms with Crippen LogP contribution in [0.5, 0.6) is 17.4 Å². The number of carboxylic acids is 1. The van der Waals surface area contributed by atoms with Crippen LogP contribution in [0.3, 0.4) is 0 Å². The highest BCUT2D eigenvalue weighted by molar-refractivity contribution is 9.10. The molecule has 2 fully saturated rings. The molecule has 2 heterocycles. The first-order valence-corrected chi connectivity index (χ1v) is 15.1. The van der Waals surface area contributed by atoms with Crippen molar-refractivity contribution in [3.63, 3.8) is 0 Å². The number of methoxy groups -OCH3 is 1. The van der Waals surface area contributed by atoms with E-state index in [1.165, 1.54) is 0 Å².